The summed E-state index contributed by atoms with van der Waals surface area (Å²) in [6.07, 6.45) is 1.72. The molecule has 5 heteroatoms. The number of rotatable bonds is 9. The van der Waals surface area contributed by atoms with Crippen LogP contribution in [0.25, 0.3) is 0 Å². The number of aliphatic carboxylic acids is 1. The van der Waals surface area contributed by atoms with Crippen molar-refractivity contribution in [1.29, 1.82) is 0 Å². The summed E-state index contributed by atoms with van der Waals surface area (Å²) in [7, 11) is 1.94. The highest BCUT2D eigenvalue weighted by Crippen LogP contribution is 2.14. The van der Waals surface area contributed by atoms with E-state index in [0.29, 0.717) is 19.6 Å². The van der Waals surface area contributed by atoms with E-state index in [1.165, 1.54) is 6.07 Å². The molecule has 0 aromatic heterocycles. The first kappa shape index (κ1) is 15.4. The fraction of sp³-hybridized carbons (Fsp3) is 0.500. The van der Waals surface area contributed by atoms with Crippen LogP contribution in [0.5, 0.6) is 5.75 Å². The van der Waals surface area contributed by atoms with Crippen molar-refractivity contribution in [2.45, 2.75) is 19.3 Å². The van der Waals surface area contributed by atoms with Crippen molar-refractivity contribution in [3.63, 3.8) is 0 Å². The smallest absolute Gasteiger partial charge is 0.303 e. The van der Waals surface area contributed by atoms with Gasteiger partial charge in [0.05, 0.1) is 0 Å². The molecule has 4 nitrogen and oxygen atoms in total. The number of carboxylic acid groups (broad SMARTS) is 1. The second kappa shape index (κ2) is 8.48. The van der Waals surface area contributed by atoms with Gasteiger partial charge in [-0.25, -0.2) is 4.39 Å². The lowest BCUT2D eigenvalue weighted by atomic mass is 10.2. The van der Waals surface area contributed by atoms with Gasteiger partial charge in [-0.15, -0.1) is 0 Å². The molecule has 0 atom stereocenters. The molecular weight excluding hydrogens is 249 g/mol. The van der Waals surface area contributed by atoms with Crippen molar-refractivity contribution in [1.82, 2.24) is 4.90 Å². The molecule has 0 saturated carbocycles. The van der Waals surface area contributed by atoms with Gasteiger partial charge >= 0.3 is 5.97 Å². The van der Waals surface area contributed by atoms with Gasteiger partial charge in [-0.1, -0.05) is 12.1 Å². The Labute approximate surface area is 112 Å². The number of halogens is 1. The van der Waals surface area contributed by atoms with Crippen LogP contribution in [0.1, 0.15) is 19.3 Å². The van der Waals surface area contributed by atoms with Gasteiger partial charge in [-0.3, -0.25) is 4.79 Å². The summed E-state index contributed by atoms with van der Waals surface area (Å²) in [4.78, 5) is 12.4. The molecule has 0 aliphatic heterocycles. The van der Waals surface area contributed by atoms with Gasteiger partial charge in [0.2, 0.25) is 0 Å². The summed E-state index contributed by atoms with van der Waals surface area (Å²) < 4.78 is 18.6. The fourth-order valence-electron chi connectivity index (χ4n) is 1.64. The Morgan fingerprint density at radius 1 is 1.32 bits per heavy atom. The third kappa shape index (κ3) is 6.76. The first-order chi connectivity index (χ1) is 9.09. The number of likely N-dealkylation sites (N-methyl/N-ethyl adjacent to an activating group) is 1. The zero-order chi connectivity index (χ0) is 14.1. The lowest BCUT2D eigenvalue weighted by molar-refractivity contribution is -0.137. The number of unbranched alkanes of at least 4 members (excludes halogenated alkanes) is 1. The van der Waals surface area contributed by atoms with E-state index in [-0.39, 0.29) is 18.0 Å². The van der Waals surface area contributed by atoms with Crippen molar-refractivity contribution < 1.29 is 19.0 Å². The molecule has 1 N–H and O–H groups in total. The summed E-state index contributed by atoms with van der Waals surface area (Å²) in [6, 6.07) is 6.32. The van der Waals surface area contributed by atoms with Crippen LogP contribution in [0, 0.1) is 5.82 Å². The number of benzene rings is 1. The lowest BCUT2D eigenvalue weighted by Gasteiger charge is -2.16. The molecule has 0 heterocycles. The number of hydrogen-bond acceptors (Lipinski definition) is 3. The van der Waals surface area contributed by atoms with E-state index in [2.05, 4.69) is 0 Å². The minimum Gasteiger partial charge on any atom is -0.489 e. The van der Waals surface area contributed by atoms with Crippen LogP contribution < -0.4 is 4.74 Å². The number of nitrogens with zero attached hydrogens (tertiary/aromatic N) is 1. The third-order valence-corrected chi connectivity index (χ3v) is 2.75. The molecule has 1 aromatic carbocycles. The molecule has 19 heavy (non-hydrogen) atoms. The molecule has 0 amide bonds. The molecule has 0 spiro atoms. The lowest BCUT2D eigenvalue weighted by Crippen LogP contribution is -2.25. The number of para-hydroxylation sites is 1. The molecule has 1 aromatic rings. The summed E-state index contributed by atoms with van der Waals surface area (Å²) in [5.74, 6) is -0.848. The zero-order valence-electron chi connectivity index (χ0n) is 11.1. The average molecular weight is 269 g/mol. The average Bonchev–Trinajstić information content (AvgIpc) is 2.37. The molecule has 0 radical (unpaired) electrons. The third-order valence-electron chi connectivity index (χ3n) is 2.75. The maximum absolute atomic E-state index is 13.2. The number of hydrogen-bond donors (Lipinski definition) is 1. The van der Waals surface area contributed by atoms with Crippen LogP contribution in [0.2, 0.25) is 0 Å². The molecule has 0 saturated heterocycles. The Hall–Kier alpha value is -1.62. The molecular formula is C14H20FNO3. The normalized spacial score (nSPS) is 10.7. The standard InChI is InChI=1S/C14H20FNO3/c1-16(9-5-4-8-14(17)18)10-11-19-13-7-3-2-6-12(13)15/h2-3,6-7H,4-5,8-11H2,1H3,(H,17,18). The van der Waals surface area contributed by atoms with Crippen LogP contribution in [-0.4, -0.2) is 42.7 Å². The van der Waals surface area contributed by atoms with Crippen LogP contribution in [-0.2, 0) is 4.79 Å². The molecule has 0 fully saturated rings. The van der Waals surface area contributed by atoms with Crippen LogP contribution in [0.4, 0.5) is 4.39 Å². The quantitative estimate of drug-likeness (QED) is 0.699. The first-order valence-electron chi connectivity index (χ1n) is 6.37. The van der Waals surface area contributed by atoms with Crippen LogP contribution in [0.3, 0.4) is 0 Å². The fourth-order valence-corrected chi connectivity index (χ4v) is 1.64. The second-order valence-electron chi connectivity index (χ2n) is 4.43. The summed E-state index contributed by atoms with van der Waals surface area (Å²) in [5, 5.41) is 8.50. The largest absolute Gasteiger partial charge is 0.489 e. The van der Waals surface area contributed by atoms with Gasteiger partial charge in [0.15, 0.2) is 11.6 Å². The van der Waals surface area contributed by atoms with E-state index in [1.807, 2.05) is 11.9 Å². The summed E-state index contributed by atoms with van der Waals surface area (Å²) in [6.45, 7) is 1.91. The first-order valence-corrected chi connectivity index (χ1v) is 6.37. The maximum Gasteiger partial charge on any atom is 0.303 e. The van der Waals surface area contributed by atoms with Gasteiger partial charge in [-0.05, 0) is 38.6 Å². The van der Waals surface area contributed by atoms with E-state index < -0.39 is 5.97 Å². The second-order valence-corrected chi connectivity index (χ2v) is 4.43. The van der Waals surface area contributed by atoms with Crippen molar-refractivity contribution in [2.75, 3.05) is 26.7 Å². The SMILES string of the molecule is CN(CCCCC(=O)O)CCOc1ccccc1F. The predicted octanol–water partition coefficient (Wildman–Crippen LogP) is 2.39. The molecule has 0 aliphatic rings. The zero-order valence-corrected chi connectivity index (χ0v) is 11.1. The number of carbonyl (C=O) groups is 1. The van der Waals surface area contributed by atoms with Gasteiger partial charge in [-0.2, -0.15) is 0 Å². The number of carboxylic acids is 1. The Morgan fingerprint density at radius 3 is 2.74 bits per heavy atom. The molecule has 0 aliphatic carbocycles. The molecule has 0 unspecified atom stereocenters. The van der Waals surface area contributed by atoms with Crippen molar-refractivity contribution >= 4 is 5.97 Å². The minimum atomic E-state index is -0.759. The van der Waals surface area contributed by atoms with E-state index >= 15 is 0 Å². The highest BCUT2D eigenvalue weighted by molar-refractivity contribution is 5.66. The maximum atomic E-state index is 13.2. The van der Waals surface area contributed by atoms with Crippen LogP contribution >= 0.6 is 0 Å². The topological polar surface area (TPSA) is 49.8 Å². The van der Waals surface area contributed by atoms with Gasteiger partial charge in [0.1, 0.15) is 6.61 Å². The van der Waals surface area contributed by atoms with Crippen molar-refractivity contribution in [3.8, 4) is 5.75 Å². The van der Waals surface area contributed by atoms with Crippen molar-refractivity contribution in [3.05, 3.63) is 30.1 Å². The summed E-state index contributed by atoms with van der Waals surface area (Å²) >= 11 is 0. The Balaban J connectivity index is 2.12. The van der Waals surface area contributed by atoms with Gasteiger partial charge < -0.3 is 14.7 Å². The van der Waals surface area contributed by atoms with Gasteiger partial charge in [0.25, 0.3) is 0 Å². The Bertz CT molecular complexity index is 398. The van der Waals surface area contributed by atoms with Gasteiger partial charge in [0, 0.05) is 13.0 Å². The summed E-state index contributed by atoms with van der Waals surface area (Å²) in [5.41, 5.74) is 0. The molecule has 106 valence electrons. The Kier molecular flexibility index (Phi) is 6.89. The molecule has 0 bridgehead atoms. The van der Waals surface area contributed by atoms with E-state index in [1.54, 1.807) is 18.2 Å². The van der Waals surface area contributed by atoms with Crippen LogP contribution in [0.15, 0.2) is 24.3 Å². The number of ether oxygens (including phenoxy) is 1. The van der Waals surface area contributed by atoms with E-state index in [0.717, 1.165) is 13.0 Å². The Morgan fingerprint density at radius 2 is 2.05 bits per heavy atom. The molecule has 1 rings (SSSR count). The minimum absolute atomic E-state index is 0.208. The monoisotopic (exact) mass is 269 g/mol. The van der Waals surface area contributed by atoms with E-state index in [4.69, 9.17) is 9.84 Å². The van der Waals surface area contributed by atoms with E-state index in [9.17, 15) is 9.18 Å². The van der Waals surface area contributed by atoms with Crippen molar-refractivity contribution in [2.24, 2.45) is 0 Å². The highest BCUT2D eigenvalue weighted by atomic mass is 19.1. The predicted molar refractivity (Wildman–Crippen MR) is 70.9 cm³/mol. The highest BCUT2D eigenvalue weighted by Gasteiger charge is 2.03.